The van der Waals surface area contributed by atoms with Crippen LogP contribution in [0.5, 0.6) is 0 Å². The highest BCUT2D eigenvalue weighted by Gasteiger charge is 2.34. The Morgan fingerprint density at radius 2 is 1.86 bits per heavy atom. The van der Waals surface area contributed by atoms with Gasteiger partial charge in [-0.25, -0.2) is 0 Å². The third kappa shape index (κ3) is 2.80. The third-order valence-electron chi connectivity index (χ3n) is 4.52. The molecule has 0 spiro atoms. The number of carbonyl (C=O) groups is 1. The first-order chi connectivity index (χ1) is 10.5. The van der Waals surface area contributed by atoms with Crippen LogP contribution in [0.2, 0.25) is 0 Å². The van der Waals surface area contributed by atoms with E-state index in [9.17, 15) is 4.79 Å². The Kier molecular flexibility index (Phi) is 3.81. The molecule has 3 nitrogen and oxygen atoms in total. The van der Waals surface area contributed by atoms with Crippen molar-refractivity contribution in [2.75, 3.05) is 0 Å². The Balaban J connectivity index is 1.92. The highest BCUT2D eigenvalue weighted by Crippen LogP contribution is 2.31. The topological polar surface area (TPSA) is 25.2 Å². The molecule has 1 amide bonds. The minimum Gasteiger partial charge on any atom is -0.353 e. The van der Waals surface area contributed by atoms with Crippen molar-refractivity contribution < 1.29 is 4.79 Å². The van der Waals surface area contributed by atoms with E-state index < -0.39 is 0 Å². The van der Waals surface area contributed by atoms with E-state index >= 15 is 0 Å². The van der Waals surface area contributed by atoms with Gasteiger partial charge in [-0.2, -0.15) is 0 Å². The van der Waals surface area contributed by atoms with Gasteiger partial charge in [-0.05, 0) is 56.9 Å². The van der Waals surface area contributed by atoms with Gasteiger partial charge in [-0.1, -0.05) is 17.7 Å². The summed E-state index contributed by atoms with van der Waals surface area (Å²) in [5.74, 6) is 0.179. The molecule has 3 rings (SSSR count). The van der Waals surface area contributed by atoms with Gasteiger partial charge >= 0.3 is 0 Å². The monoisotopic (exact) mass is 296 g/mol. The molecule has 1 saturated carbocycles. The summed E-state index contributed by atoms with van der Waals surface area (Å²) in [6.07, 6.45) is 4.29. The first-order valence-electron chi connectivity index (χ1n) is 7.96. The van der Waals surface area contributed by atoms with Crippen LogP contribution >= 0.6 is 0 Å². The summed E-state index contributed by atoms with van der Waals surface area (Å²) in [7, 11) is 2.03. The summed E-state index contributed by atoms with van der Waals surface area (Å²) < 4.78 is 2.09. The van der Waals surface area contributed by atoms with Gasteiger partial charge in [0.1, 0.15) is 0 Å². The van der Waals surface area contributed by atoms with Crippen LogP contribution in [0.25, 0.3) is 0 Å². The van der Waals surface area contributed by atoms with E-state index in [-0.39, 0.29) is 5.91 Å². The van der Waals surface area contributed by atoms with Crippen molar-refractivity contribution in [2.24, 2.45) is 7.05 Å². The number of nitrogens with zero attached hydrogens (tertiary/aromatic N) is 2. The Morgan fingerprint density at radius 3 is 2.36 bits per heavy atom. The summed E-state index contributed by atoms with van der Waals surface area (Å²) in [6, 6.07) is 8.74. The molecule has 2 aromatic rings. The van der Waals surface area contributed by atoms with Crippen LogP contribution in [-0.4, -0.2) is 21.4 Å². The molecule has 0 bridgehead atoms. The molecular weight excluding hydrogens is 272 g/mol. The highest BCUT2D eigenvalue weighted by molar-refractivity contribution is 5.97. The number of hydrogen-bond acceptors (Lipinski definition) is 1. The van der Waals surface area contributed by atoms with E-state index in [0.717, 1.165) is 29.5 Å². The number of rotatable bonds is 4. The number of aromatic nitrogens is 1. The van der Waals surface area contributed by atoms with Gasteiger partial charge in [0.25, 0.3) is 5.91 Å². The quantitative estimate of drug-likeness (QED) is 0.843. The van der Waals surface area contributed by atoms with Crippen molar-refractivity contribution in [3.8, 4) is 0 Å². The molecule has 22 heavy (non-hydrogen) atoms. The average Bonchev–Trinajstić information content (AvgIpc) is 3.18. The maximum atomic E-state index is 13.1. The van der Waals surface area contributed by atoms with Gasteiger partial charge in [0.2, 0.25) is 0 Å². The van der Waals surface area contributed by atoms with Crippen LogP contribution in [0.4, 0.5) is 0 Å². The zero-order chi connectivity index (χ0) is 15.9. The molecule has 1 heterocycles. The van der Waals surface area contributed by atoms with E-state index in [1.54, 1.807) is 0 Å². The van der Waals surface area contributed by atoms with Gasteiger partial charge in [0.15, 0.2) is 0 Å². The van der Waals surface area contributed by atoms with Gasteiger partial charge < -0.3 is 9.47 Å². The van der Waals surface area contributed by atoms with E-state index in [0.29, 0.717) is 12.6 Å². The van der Waals surface area contributed by atoms with Crippen LogP contribution in [0.1, 0.15) is 45.6 Å². The Hall–Kier alpha value is -2.03. The summed E-state index contributed by atoms with van der Waals surface area (Å²) >= 11 is 0. The van der Waals surface area contributed by atoms with Gasteiger partial charge in [0, 0.05) is 30.5 Å². The lowest BCUT2D eigenvalue weighted by atomic mass is 9.98. The minimum absolute atomic E-state index is 0.179. The lowest BCUT2D eigenvalue weighted by Gasteiger charge is -2.25. The fourth-order valence-electron chi connectivity index (χ4n) is 3.25. The summed E-state index contributed by atoms with van der Waals surface area (Å²) in [4.78, 5) is 15.2. The van der Waals surface area contributed by atoms with E-state index in [2.05, 4.69) is 34.6 Å². The lowest BCUT2D eigenvalue weighted by Crippen LogP contribution is -2.34. The number of aryl methyl sites for hydroxylation is 4. The maximum Gasteiger partial charge on any atom is 0.254 e. The van der Waals surface area contributed by atoms with Crippen molar-refractivity contribution in [3.63, 3.8) is 0 Å². The summed E-state index contributed by atoms with van der Waals surface area (Å²) in [5.41, 5.74) is 5.45. The molecule has 0 atom stereocenters. The summed E-state index contributed by atoms with van der Waals surface area (Å²) in [5, 5.41) is 0. The molecule has 0 N–H and O–H groups in total. The number of amides is 1. The fraction of sp³-hybridized carbons (Fsp3) is 0.421. The van der Waals surface area contributed by atoms with Gasteiger partial charge in [-0.15, -0.1) is 0 Å². The zero-order valence-electron chi connectivity index (χ0n) is 13.9. The minimum atomic E-state index is 0.179. The van der Waals surface area contributed by atoms with Crippen molar-refractivity contribution in [2.45, 2.75) is 46.2 Å². The predicted octanol–water partition coefficient (Wildman–Crippen LogP) is 3.76. The molecule has 116 valence electrons. The van der Waals surface area contributed by atoms with Crippen molar-refractivity contribution in [3.05, 3.63) is 58.4 Å². The first kappa shape index (κ1) is 14.9. The normalized spacial score (nSPS) is 14.2. The number of benzene rings is 1. The Morgan fingerprint density at radius 1 is 1.23 bits per heavy atom. The lowest BCUT2D eigenvalue weighted by molar-refractivity contribution is 0.0725. The van der Waals surface area contributed by atoms with E-state index in [1.807, 2.05) is 33.2 Å². The molecule has 0 aliphatic heterocycles. The molecular formula is C19H24N2O. The van der Waals surface area contributed by atoms with Gasteiger partial charge in [-0.3, -0.25) is 4.79 Å². The molecule has 1 fully saturated rings. The molecule has 0 saturated heterocycles. The molecule has 0 radical (unpaired) electrons. The SMILES string of the molecule is Cc1cc(C)c(C(=O)N(Cc2cccn2C)C2CC2)c(C)c1. The van der Waals surface area contributed by atoms with E-state index in [1.165, 1.54) is 11.3 Å². The van der Waals surface area contributed by atoms with Crippen molar-refractivity contribution in [1.82, 2.24) is 9.47 Å². The molecule has 1 aliphatic carbocycles. The van der Waals surface area contributed by atoms with Crippen LogP contribution in [0.3, 0.4) is 0 Å². The second kappa shape index (κ2) is 5.64. The Labute approximate surface area is 132 Å². The fourth-order valence-corrected chi connectivity index (χ4v) is 3.25. The predicted molar refractivity (Wildman–Crippen MR) is 89.0 cm³/mol. The molecule has 0 unspecified atom stereocenters. The smallest absolute Gasteiger partial charge is 0.254 e. The van der Waals surface area contributed by atoms with Crippen molar-refractivity contribution in [1.29, 1.82) is 0 Å². The Bertz CT molecular complexity index is 687. The first-order valence-corrected chi connectivity index (χ1v) is 7.96. The molecule has 1 aliphatic rings. The van der Waals surface area contributed by atoms with Crippen molar-refractivity contribution >= 4 is 5.91 Å². The average molecular weight is 296 g/mol. The standard InChI is InChI=1S/C19H24N2O/c1-13-10-14(2)18(15(3)11-13)19(22)21(16-7-8-16)12-17-6-5-9-20(17)4/h5-6,9-11,16H,7-8,12H2,1-4H3. The molecule has 3 heteroatoms. The second-order valence-electron chi connectivity index (χ2n) is 6.55. The van der Waals surface area contributed by atoms with Crippen LogP contribution in [-0.2, 0) is 13.6 Å². The molecule has 1 aromatic heterocycles. The maximum absolute atomic E-state index is 13.1. The van der Waals surface area contributed by atoms with Crippen LogP contribution in [0.15, 0.2) is 30.5 Å². The molecule has 1 aromatic carbocycles. The summed E-state index contributed by atoms with van der Waals surface area (Å²) in [6.45, 7) is 6.86. The zero-order valence-corrected chi connectivity index (χ0v) is 13.9. The number of hydrogen-bond donors (Lipinski definition) is 0. The van der Waals surface area contributed by atoms with Gasteiger partial charge in [0.05, 0.1) is 6.54 Å². The van der Waals surface area contributed by atoms with Crippen LogP contribution in [0, 0.1) is 20.8 Å². The largest absolute Gasteiger partial charge is 0.353 e. The highest BCUT2D eigenvalue weighted by atomic mass is 16.2. The number of carbonyl (C=O) groups excluding carboxylic acids is 1. The second-order valence-corrected chi connectivity index (χ2v) is 6.55. The van der Waals surface area contributed by atoms with Crippen LogP contribution < -0.4 is 0 Å². The third-order valence-corrected chi connectivity index (χ3v) is 4.52. The van der Waals surface area contributed by atoms with E-state index in [4.69, 9.17) is 0 Å².